The van der Waals surface area contributed by atoms with E-state index in [1.807, 2.05) is 64.1 Å². The summed E-state index contributed by atoms with van der Waals surface area (Å²) in [5.41, 5.74) is 5.06. The van der Waals surface area contributed by atoms with Gasteiger partial charge in [-0.2, -0.15) is 0 Å². The molecule has 50 heavy (non-hydrogen) atoms. The highest BCUT2D eigenvalue weighted by Crippen LogP contribution is 2.42. The van der Waals surface area contributed by atoms with Crippen molar-refractivity contribution in [2.45, 2.75) is 65.7 Å². The highest BCUT2D eigenvalue weighted by Gasteiger charge is 2.19. The van der Waals surface area contributed by atoms with Crippen molar-refractivity contribution in [1.82, 2.24) is 41.2 Å². The smallest absolute Gasteiger partial charge is 0.237 e. The zero-order chi connectivity index (χ0) is 36.2. The van der Waals surface area contributed by atoms with Crippen molar-refractivity contribution in [3.8, 4) is 45.4 Å². The van der Waals surface area contributed by atoms with Crippen LogP contribution in [0.5, 0.6) is 11.8 Å². The van der Waals surface area contributed by atoms with E-state index in [0.29, 0.717) is 106 Å². The fraction of sp³-hybridized carbons (Fsp3) is 0.389. The predicted molar refractivity (Wildman–Crippen MR) is 196 cm³/mol. The fourth-order valence-electron chi connectivity index (χ4n) is 4.97. The lowest BCUT2D eigenvalue weighted by Crippen LogP contribution is -2.38. The molecule has 2 atom stereocenters. The Hall–Kier alpha value is -4.36. The summed E-state index contributed by atoms with van der Waals surface area (Å²) in [5.74, 6) is 0.735. The Morgan fingerprint density at radius 1 is 0.680 bits per heavy atom. The number of ether oxygens (including phenoxy) is 2. The minimum absolute atomic E-state index is 0.00160. The number of hydrogen-bond acceptors (Lipinski definition) is 10. The number of amides is 2. The molecule has 4 N–H and O–H groups in total. The average Bonchev–Trinajstić information content (AvgIpc) is 3.14. The molecule has 0 bridgehead atoms. The molecule has 12 nitrogen and oxygen atoms in total. The molecule has 0 fully saturated rings. The minimum atomic E-state index is 0.00160. The number of halogens is 2. The van der Waals surface area contributed by atoms with E-state index in [0.717, 1.165) is 0 Å². The van der Waals surface area contributed by atoms with Crippen molar-refractivity contribution in [3.63, 3.8) is 0 Å². The maximum Gasteiger partial charge on any atom is 0.237 e. The average molecular weight is 724 g/mol. The Labute approximate surface area is 303 Å². The summed E-state index contributed by atoms with van der Waals surface area (Å²) in [4.78, 5) is 41.9. The molecule has 0 aliphatic carbocycles. The van der Waals surface area contributed by atoms with Crippen molar-refractivity contribution in [3.05, 3.63) is 70.2 Å². The van der Waals surface area contributed by atoms with Crippen molar-refractivity contribution in [2.24, 2.45) is 0 Å². The molecule has 2 aromatic heterocycles. The van der Waals surface area contributed by atoms with Crippen molar-refractivity contribution >= 4 is 35.0 Å². The lowest BCUT2D eigenvalue weighted by molar-refractivity contribution is -0.121. The molecular formula is C36H44Cl2N8O4. The zero-order valence-corrected chi connectivity index (χ0v) is 30.7. The van der Waals surface area contributed by atoms with Gasteiger partial charge in [-0.1, -0.05) is 73.4 Å². The summed E-state index contributed by atoms with van der Waals surface area (Å²) in [6, 6.07) is 11.3. The summed E-state index contributed by atoms with van der Waals surface area (Å²) in [6.07, 6.45) is 4.20. The zero-order valence-electron chi connectivity index (χ0n) is 29.2. The Morgan fingerprint density at radius 2 is 1.06 bits per heavy atom. The van der Waals surface area contributed by atoms with E-state index < -0.39 is 0 Å². The van der Waals surface area contributed by atoms with Gasteiger partial charge in [0.15, 0.2) is 0 Å². The lowest BCUT2D eigenvalue weighted by Gasteiger charge is -2.17. The third-order valence-electron chi connectivity index (χ3n) is 7.94. The van der Waals surface area contributed by atoms with Crippen LogP contribution in [0.15, 0.2) is 48.8 Å². The molecule has 0 saturated heterocycles. The van der Waals surface area contributed by atoms with E-state index in [1.54, 1.807) is 26.6 Å². The first-order chi connectivity index (χ1) is 24.1. The SMILES string of the molecule is CCC(=O)NCC(C)NCc1ncc(-c2cccc(-c3cccc(-c4cnc(CNC(C)CNC(=O)CC)c(OC)n4)c3Cl)c2Cl)nc1OC. The maximum absolute atomic E-state index is 11.6. The number of carbonyl (C=O) groups excluding carboxylic acids is 2. The van der Waals surface area contributed by atoms with Crippen LogP contribution >= 0.6 is 23.2 Å². The Morgan fingerprint density at radius 3 is 1.42 bits per heavy atom. The van der Waals surface area contributed by atoms with E-state index in [9.17, 15) is 9.59 Å². The highest BCUT2D eigenvalue weighted by molar-refractivity contribution is 6.39. The molecule has 2 amide bonds. The molecule has 266 valence electrons. The van der Waals surface area contributed by atoms with E-state index >= 15 is 0 Å². The van der Waals surface area contributed by atoms with Gasteiger partial charge in [-0.25, -0.2) is 9.97 Å². The first-order valence-corrected chi connectivity index (χ1v) is 17.2. The van der Waals surface area contributed by atoms with Crippen molar-refractivity contribution < 1.29 is 19.1 Å². The van der Waals surface area contributed by atoms with Gasteiger partial charge < -0.3 is 30.7 Å². The third-order valence-corrected chi connectivity index (χ3v) is 8.75. The van der Waals surface area contributed by atoms with Gasteiger partial charge in [0.05, 0.1) is 48.0 Å². The van der Waals surface area contributed by atoms with Crippen LogP contribution < -0.4 is 30.7 Å². The van der Waals surface area contributed by atoms with Gasteiger partial charge in [0, 0.05) is 73.4 Å². The highest BCUT2D eigenvalue weighted by atomic mass is 35.5. The normalized spacial score (nSPS) is 12.2. The number of rotatable bonds is 17. The van der Waals surface area contributed by atoms with Gasteiger partial charge in [-0.15, -0.1) is 0 Å². The number of methoxy groups -OCH3 is 2. The minimum Gasteiger partial charge on any atom is -0.480 e. The van der Waals surface area contributed by atoms with Gasteiger partial charge in [0.2, 0.25) is 23.6 Å². The van der Waals surface area contributed by atoms with E-state index in [4.69, 9.17) is 42.6 Å². The second-order valence-corrected chi connectivity index (χ2v) is 12.4. The molecule has 0 aliphatic rings. The Balaban J connectivity index is 1.55. The molecule has 0 spiro atoms. The first kappa shape index (κ1) is 38.4. The molecular weight excluding hydrogens is 679 g/mol. The molecule has 0 radical (unpaired) electrons. The van der Waals surface area contributed by atoms with Crippen LogP contribution in [0.25, 0.3) is 33.6 Å². The number of aromatic nitrogens is 4. The third kappa shape index (κ3) is 9.87. The van der Waals surface area contributed by atoms with Gasteiger partial charge in [-0.3, -0.25) is 19.6 Å². The largest absolute Gasteiger partial charge is 0.480 e. The fourth-order valence-corrected chi connectivity index (χ4v) is 5.62. The van der Waals surface area contributed by atoms with Crippen molar-refractivity contribution in [1.29, 1.82) is 0 Å². The van der Waals surface area contributed by atoms with Crippen LogP contribution in [-0.4, -0.2) is 71.1 Å². The summed E-state index contributed by atoms with van der Waals surface area (Å²) in [6.45, 7) is 9.39. The van der Waals surface area contributed by atoms with Gasteiger partial charge in [0.1, 0.15) is 11.4 Å². The number of nitrogens with zero attached hydrogens (tertiary/aromatic N) is 4. The van der Waals surface area contributed by atoms with Crippen LogP contribution in [0.2, 0.25) is 10.0 Å². The van der Waals surface area contributed by atoms with Crippen molar-refractivity contribution in [2.75, 3.05) is 27.3 Å². The number of benzene rings is 2. The topological polar surface area (TPSA) is 152 Å². The summed E-state index contributed by atoms with van der Waals surface area (Å²) < 4.78 is 11.2. The number of carbonyl (C=O) groups is 2. The first-order valence-electron chi connectivity index (χ1n) is 16.5. The molecule has 4 aromatic rings. The second-order valence-electron chi connectivity index (χ2n) is 11.6. The Bertz CT molecular complexity index is 1660. The van der Waals surface area contributed by atoms with Crippen LogP contribution in [0.1, 0.15) is 51.9 Å². The standard InChI is InChI=1S/C36H44Cl2N8O4/c1-7-31(47)43-15-21(3)39-19-29-35(49-5)45-27(17-41-29)25-13-9-11-23(33(25)37)24-12-10-14-26(34(24)38)28-18-42-30(36(46-28)50-6)20-40-22(4)16-44-32(48)8-2/h9-14,17-18,21-22,39-40H,7-8,15-16,19-20H2,1-6H3,(H,43,47)(H,44,48). The van der Waals surface area contributed by atoms with Crippen LogP contribution in [0.4, 0.5) is 0 Å². The molecule has 0 saturated carbocycles. The summed E-state index contributed by atoms with van der Waals surface area (Å²) in [7, 11) is 3.09. The van der Waals surface area contributed by atoms with E-state index in [-0.39, 0.29) is 23.9 Å². The predicted octanol–water partition coefficient (Wildman–Crippen LogP) is 5.60. The maximum atomic E-state index is 11.6. The van der Waals surface area contributed by atoms with Crippen LogP contribution in [0, 0.1) is 0 Å². The van der Waals surface area contributed by atoms with E-state index in [2.05, 4.69) is 31.2 Å². The summed E-state index contributed by atoms with van der Waals surface area (Å²) in [5, 5.41) is 13.3. The van der Waals surface area contributed by atoms with Gasteiger partial charge in [-0.05, 0) is 13.8 Å². The Kier molecular flexibility index (Phi) is 14.3. The molecule has 2 unspecified atom stereocenters. The quantitative estimate of drug-likeness (QED) is 0.108. The molecule has 2 aromatic carbocycles. The van der Waals surface area contributed by atoms with Gasteiger partial charge >= 0.3 is 0 Å². The molecule has 2 heterocycles. The molecule has 4 rings (SSSR count). The summed E-state index contributed by atoms with van der Waals surface area (Å²) >= 11 is 14.1. The number of hydrogen-bond donors (Lipinski definition) is 4. The van der Waals surface area contributed by atoms with Crippen LogP contribution in [0.3, 0.4) is 0 Å². The van der Waals surface area contributed by atoms with Crippen LogP contribution in [-0.2, 0) is 22.7 Å². The molecule has 14 heteroatoms. The lowest BCUT2D eigenvalue weighted by atomic mass is 9.98. The molecule has 0 aliphatic heterocycles. The van der Waals surface area contributed by atoms with Gasteiger partial charge in [0.25, 0.3) is 0 Å². The second kappa shape index (κ2) is 18.6. The number of nitrogens with one attached hydrogen (secondary N) is 4. The monoisotopic (exact) mass is 722 g/mol. The van der Waals surface area contributed by atoms with E-state index in [1.165, 1.54) is 0 Å².